The summed E-state index contributed by atoms with van der Waals surface area (Å²) >= 11 is 3.34. The third-order valence-electron chi connectivity index (χ3n) is 3.80. The summed E-state index contributed by atoms with van der Waals surface area (Å²) in [5, 5.41) is 5.48. The van der Waals surface area contributed by atoms with Gasteiger partial charge in [0.05, 0.1) is 0 Å². The quantitative estimate of drug-likeness (QED) is 0.617. The predicted octanol–water partition coefficient (Wildman–Crippen LogP) is 4.17. The molecule has 2 N–H and O–H groups in total. The van der Waals surface area contributed by atoms with Crippen molar-refractivity contribution < 1.29 is 14.0 Å². The molecule has 0 spiro atoms. The van der Waals surface area contributed by atoms with E-state index in [1.54, 1.807) is 19.1 Å². The zero-order valence-electron chi connectivity index (χ0n) is 14.7. The maximum atomic E-state index is 12.3. The van der Waals surface area contributed by atoms with Crippen molar-refractivity contribution in [3.05, 3.63) is 70.5 Å². The van der Waals surface area contributed by atoms with E-state index in [1.807, 2.05) is 42.5 Å². The lowest BCUT2D eigenvalue weighted by atomic mass is 10.2. The molecule has 0 saturated carbocycles. The summed E-state index contributed by atoms with van der Waals surface area (Å²) in [6, 6.07) is 16.6. The van der Waals surface area contributed by atoms with Gasteiger partial charge >= 0.3 is 0 Å². The van der Waals surface area contributed by atoms with Crippen LogP contribution >= 0.6 is 15.9 Å². The number of hydrogen-bond acceptors (Lipinski definition) is 4. The maximum absolute atomic E-state index is 12.3. The molecular weight excluding hydrogens is 410 g/mol. The third-order valence-corrected chi connectivity index (χ3v) is 4.33. The summed E-state index contributed by atoms with van der Waals surface area (Å²) in [7, 11) is 0. The first kappa shape index (κ1) is 18.8. The van der Waals surface area contributed by atoms with E-state index in [1.165, 1.54) is 0 Å². The van der Waals surface area contributed by atoms with E-state index in [4.69, 9.17) is 4.42 Å². The third kappa shape index (κ3) is 5.04. The second-order valence-electron chi connectivity index (χ2n) is 5.85. The highest BCUT2D eigenvalue weighted by Gasteiger charge is 2.18. The molecule has 0 bridgehead atoms. The molecule has 0 saturated heterocycles. The Balaban J connectivity index is 1.53. The molecule has 1 heterocycles. The molecule has 138 valence electrons. The standard InChI is InChI=1S/C20H18BrN3O3/c1-13-18(24-20(27-13)14-5-3-2-4-6-14)19(26)22-12-11-17(25)23-16-9-7-15(21)8-10-16/h2-10H,11-12H2,1H3,(H,22,26)(H,23,25). The zero-order valence-corrected chi connectivity index (χ0v) is 16.2. The van der Waals surface area contributed by atoms with Crippen LogP contribution in [0.25, 0.3) is 11.5 Å². The first-order valence-corrected chi connectivity index (χ1v) is 9.18. The second kappa shape index (κ2) is 8.64. The van der Waals surface area contributed by atoms with E-state index < -0.39 is 0 Å². The number of nitrogens with zero attached hydrogens (tertiary/aromatic N) is 1. The van der Waals surface area contributed by atoms with Crippen molar-refractivity contribution in [3.63, 3.8) is 0 Å². The highest BCUT2D eigenvalue weighted by atomic mass is 79.9. The molecule has 6 nitrogen and oxygen atoms in total. The van der Waals surface area contributed by atoms with Crippen molar-refractivity contribution >= 4 is 33.4 Å². The fourth-order valence-electron chi connectivity index (χ4n) is 2.44. The van der Waals surface area contributed by atoms with Gasteiger partial charge in [0.25, 0.3) is 5.91 Å². The molecule has 0 fully saturated rings. The van der Waals surface area contributed by atoms with E-state index >= 15 is 0 Å². The Morgan fingerprint density at radius 1 is 1.07 bits per heavy atom. The number of hydrogen-bond donors (Lipinski definition) is 2. The number of oxazole rings is 1. The Bertz CT molecular complexity index is 937. The molecule has 2 aromatic carbocycles. The molecule has 3 aromatic rings. The van der Waals surface area contributed by atoms with Gasteiger partial charge in [-0.2, -0.15) is 0 Å². The number of amides is 2. The Kier molecular flexibility index (Phi) is 6.03. The molecule has 3 rings (SSSR count). The number of rotatable bonds is 6. The van der Waals surface area contributed by atoms with Crippen LogP contribution in [-0.2, 0) is 4.79 Å². The van der Waals surface area contributed by atoms with Gasteiger partial charge < -0.3 is 15.1 Å². The molecule has 0 aliphatic rings. The molecule has 2 amide bonds. The van der Waals surface area contributed by atoms with Crippen LogP contribution < -0.4 is 10.6 Å². The Morgan fingerprint density at radius 3 is 2.48 bits per heavy atom. The fourth-order valence-corrected chi connectivity index (χ4v) is 2.71. The molecule has 0 unspecified atom stereocenters. The number of carbonyl (C=O) groups excluding carboxylic acids is 2. The fraction of sp³-hybridized carbons (Fsp3) is 0.150. The minimum absolute atomic E-state index is 0.157. The van der Waals surface area contributed by atoms with E-state index in [2.05, 4.69) is 31.5 Å². The summed E-state index contributed by atoms with van der Waals surface area (Å²) in [6.45, 7) is 1.89. The number of aryl methyl sites for hydroxylation is 1. The number of carbonyl (C=O) groups is 2. The van der Waals surface area contributed by atoms with Crippen LogP contribution in [0.1, 0.15) is 22.7 Å². The minimum Gasteiger partial charge on any atom is -0.441 e. The van der Waals surface area contributed by atoms with Crippen molar-refractivity contribution in [2.45, 2.75) is 13.3 Å². The Hall–Kier alpha value is -2.93. The van der Waals surface area contributed by atoms with Gasteiger partial charge in [-0.3, -0.25) is 9.59 Å². The van der Waals surface area contributed by atoms with Crippen LogP contribution in [0.15, 0.2) is 63.5 Å². The molecule has 0 radical (unpaired) electrons. The van der Waals surface area contributed by atoms with E-state index in [0.717, 1.165) is 10.0 Å². The van der Waals surface area contributed by atoms with Gasteiger partial charge in [-0.25, -0.2) is 4.98 Å². The lowest BCUT2D eigenvalue weighted by molar-refractivity contribution is -0.116. The Labute approximate surface area is 165 Å². The first-order valence-electron chi connectivity index (χ1n) is 8.39. The number of halogens is 1. The van der Waals surface area contributed by atoms with E-state index in [9.17, 15) is 9.59 Å². The minimum atomic E-state index is -0.366. The summed E-state index contributed by atoms with van der Waals surface area (Å²) in [5.41, 5.74) is 1.73. The van der Waals surface area contributed by atoms with Gasteiger partial charge in [0.1, 0.15) is 5.76 Å². The van der Waals surface area contributed by atoms with Gasteiger partial charge in [-0.05, 0) is 43.3 Å². The molecule has 7 heteroatoms. The van der Waals surface area contributed by atoms with E-state index in [-0.39, 0.29) is 30.5 Å². The van der Waals surface area contributed by atoms with E-state index in [0.29, 0.717) is 17.3 Å². The maximum Gasteiger partial charge on any atom is 0.273 e. The van der Waals surface area contributed by atoms with Gasteiger partial charge in [-0.15, -0.1) is 0 Å². The van der Waals surface area contributed by atoms with Gasteiger partial charge in [-0.1, -0.05) is 34.1 Å². The molecule has 27 heavy (non-hydrogen) atoms. The van der Waals surface area contributed by atoms with Crippen molar-refractivity contribution in [2.75, 3.05) is 11.9 Å². The smallest absolute Gasteiger partial charge is 0.273 e. The van der Waals surface area contributed by atoms with Crippen molar-refractivity contribution in [1.82, 2.24) is 10.3 Å². The van der Waals surface area contributed by atoms with Gasteiger partial charge in [0.15, 0.2) is 5.69 Å². The van der Waals surface area contributed by atoms with Crippen LogP contribution in [0, 0.1) is 6.92 Å². The zero-order chi connectivity index (χ0) is 19.2. The van der Waals surface area contributed by atoms with Crippen molar-refractivity contribution in [1.29, 1.82) is 0 Å². The van der Waals surface area contributed by atoms with Crippen LogP contribution in [0.5, 0.6) is 0 Å². The second-order valence-corrected chi connectivity index (χ2v) is 6.77. The SMILES string of the molecule is Cc1oc(-c2ccccc2)nc1C(=O)NCCC(=O)Nc1ccc(Br)cc1. The monoisotopic (exact) mass is 427 g/mol. The van der Waals surface area contributed by atoms with Crippen LogP contribution in [-0.4, -0.2) is 23.3 Å². The summed E-state index contributed by atoms with van der Waals surface area (Å²) < 4.78 is 6.52. The first-order chi connectivity index (χ1) is 13.0. The number of nitrogens with one attached hydrogen (secondary N) is 2. The number of benzene rings is 2. The highest BCUT2D eigenvalue weighted by Crippen LogP contribution is 2.21. The molecule has 1 aromatic heterocycles. The van der Waals surface area contributed by atoms with Gasteiger partial charge in [0, 0.05) is 28.7 Å². The number of anilines is 1. The molecule has 0 aliphatic carbocycles. The van der Waals surface area contributed by atoms with Crippen molar-refractivity contribution in [3.8, 4) is 11.5 Å². The average molecular weight is 428 g/mol. The predicted molar refractivity (Wildman–Crippen MR) is 106 cm³/mol. The average Bonchev–Trinajstić information content (AvgIpc) is 3.06. The molecule has 0 aliphatic heterocycles. The highest BCUT2D eigenvalue weighted by molar-refractivity contribution is 9.10. The van der Waals surface area contributed by atoms with Crippen molar-refractivity contribution in [2.24, 2.45) is 0 Å². The van der Waals surface area contributed by atoms with Gasteiger partial charge in [0.2, 0.25) is 11.8 Å². The Morgan fingerprint density at radius 2 is 1.78 bits per heavy atom. The normalized spacial score (nSPS) is 10.4. The van der Waals surface area contributed by atoms with Crippen LogP contribution in [0.2, 0.25) is 0 Å². The lowest BCUT2D eigenvalue weighted by Crippen LogP contribution is -2.28. The number of aromatic nitrogens is 1. The van der Waals surface area contributed by atoms with Crippen LogP contribution in [0.3, 0.4) is 0 Å². The summed E-state index contributed by atoms with van der Waals surface area (Å²) in [5.74, 6) is 0.284. The van der Waals surface area contributed by atoms with Crippen LogP contribution in [0.4, 0.5) is 5.69 Å². The summed E-state index contributed by atoms with van der Waals surface area (Å²) in [4.78, 5) is 28.6. The lowest BCUT2D eigenvalue weighted by Gasteiger charge is -2.06. The molecule has 0 atom stereocenters. The summed E-state index contributed by atoms with van der Waals surface area (Å²) in [6.07, 6.45) is 0.157. The largest absolute Gasteiger partial charge is 0.441 e. The molecular formula is C20H18BrN3O3. The topological polar surface area (TPSA) is 84.2 Å².